The predicted octanol–water partition coefficient (Wildman–Crippen LogP) is 2.28. The first-order chi connectivity index (χ1) is 15.5. The molecule has 0 saturated heterocycles. The van der Waals surface area contributed by atoms with E-state index < -0.39 is 17.2 Å². The summed E-state index contributed by atoms with van der Waals surface area (Å²) in [7, 11) is 1.58. The maximum absolute atomic E-state index is 13.2. The monoisotopic (exact) mass is 441 g/mol. The van der Waals surface area contributed by atoms with Gasteiger partial charge in [0.05, 0.1) is 13.4 Å². The van der Waals surface area contributed by atoms with Gasteiger partial charge in [-0.15, -0.1) is 0 Å². The minimum atomic E-state index is -0.506. The molecule has 32 heavy (non-hydrogen) atoms. The Hall–Kier alpha value is -3.36. The van der Waals surface area contributed by atoms with Crippen LogP contribution < -0.4 is 21.3 Å². The fourth-order valence-corrected chi connectivity index (χ4v) is 3.58. The fourth-order valence-electron chi connectivity index (χ4n) is 3.58. The largest absolute Gasteiger partial charge is 0.497 e. The second-order valence-electron chi connectivity index (χ2n) is 7.77. The molecule has 2 heterocycles. The van der Waals surface area contributed by atoms with Crippen molar-refractivity contribution < 1.29 is 9.53 Å². The topological polar surface area (TPSA) is 100 Å². The zero-order valence-electron chi connectivity index (χ0n) is 19.0. The molecule has 0 radical (unpaired) electrons. The summed E-state index contributed by atoms with van der Waals surface area (Å²) in [4.78, 5) is 43.3. The highest BCUT2D eigenvalue weighted by Crippen LogP contribution is 2.12. The lowest BCUT2D eigenvalue weighted by Crippen LogP contribution is -2.44. The molecule has 0 spiro atoms. The fraction of sp³-hybridized carbons (Fsp3) is 0.478. The number of hydrogen-bond acceptors (Lipinski definition) is 5. The quantitative estimate of drug-likeness (QED) is 0.492. The van der Waals surface area contributed by atoms with Gasteiger partial charge in [0.25, 0.3) is 5.56 Å². The molecule has 1 aromatic carbocycles. The standard InChI is InChI=1S/C23H31N5O4/c1-4-6-11-26-16-25-21-20(26)22(30)28(23(31)27(21)12-7-5-2)15-19(29)24-14-17-9-8-10-18(13-17)32-3/h8-10,13,16H,4-7,11-12,14-15H2,1-3H3,(H,24,29). The van der Waals surface area contributed by atoms with Gasteiger partial charge in [0, 0.05) is 19.6 Å². The maximum Gasteiger partial charge on any atom is 0.333 e. The first kappa shape index (κ1) is 23.3. The van der Waals surface area contributed by atoms with E-state index in [-0.39, 0.29) is 13.1 Å². The van der Waals surface area contributed by atoms with Crippen LogP contribution in [-0.2, 0) is 31.0 Å². The van der Waals surface area contributed by atoms with E-state index in [1.807, 2.05) is 31.2 Å². The normalized spacial score (nSPS) is 11.1. The zero-order valence-corrected chi connectivity index (χ0v) is 19.0. The summed E-state index contributed by atoms with van der Waals surface area (Å²) in [5.41, 5.74) is 0.627. The molecule has 0 saturated carbocycles. The third-order valence-corrected chi connectivity index (χ3v) is 5.40. The number of carbonyl (C=O) groups is 1. The first-order valence-corrected chi connectivity index (χ1v) is 11.1. The highest BCUT2D eigenvalue weighted by Gasteiger charge is 2.19. The number of nitrogens with zero attached hydrogens (tertiary/aromatic N) is 4. The van der Waals surface area contributed by atoms with Crippen LogP contribution in [0.15, 0.2) is 40.2 Å². The van der Waals surface area contributed by atoms with Crippen molar-refractivity contribution in [3.05, 3.63) is 57.0 Å². The van der Waals surface area contributed by atoms with E-state index >= 15 is 0 Å². The van der Waals surface area contributed by atoms with E-state index in [0.717, 1.165) is 35.8 Å². The van der Waals surface area contributed by atoms with Crippen molar-refractivity contribution in [1.29, 1.82) is 0 Å². The Morgan fingerprint density at radius 2 is 1.84 bits per heavy atom. The molecule has 0 fully saturated rings. The molecule has 1 N–H and O–H groups in total. The van der Waals surface area contributed by atoms with Crippen LogP contribution in [0.4, 0.5) is 0 Å². The van der Waals surface area contributed by atoms with Crippen LogP contribution in [0, 0.1) is 0 Å². The highest BCUT2D eigenvalue weighted by atomic mass is 16.5. The number of carbonyl (C=O) groups excluding carboxylic acids is 1. The van der Waals surface area contributed by atoms with E-state index in [0.29, 0.717) is 30.0 Å². The van der Waals surface area contributed by atoms with Gasteiger partial charge in [-0.1, -0.05) is 38.8 Å². The van der Waals surface area contributed by atoms with Gasteiger partial charge in [0.2, 0.25) is 5.91 Å². The lowest BCUT2D eigenvalue weighted by atomic mass is 10.2. The van der Waals surface area contributed by atoms with Gasteiger partial charge in [0.1, 0.15) is 12.3 Å². The van der Waals surface area contributed by atoms with Crippen molar-refractivity contribution in [1.82, 2.24) is 24.0 Å². The number of methoxy groups -OCH3 is 1. The minimum absolute atomic E-state index is 0.269. The number of benzene rings is 1. The lowest BCUT2D eigenvalue weighted by Gasteiger charge is -2.13. The zero-order chi connectivity index (χ0) is 23.1. The van der Waals surface area contributed by atoms with Crippen molar-refractivity contribution in [2.24, 2.45) is 0 Å². The van der Waals surface area contributed by atoms with Gasteiger partial charge in [-0.3, -0.25) is 14.2 Å². The minimum Gasteiger partial charge on any atom is -0.497 e. The first-order valence-electron chi connectivity index (χ1n) is 11.1. The smallest absolute Gasteiger partial charge is 0.333 e. The molecule has 1 amide bonds. The van der Waals surface area contributed by atoms with Gasteiger partial charge in [-0.25, -0.2) is 14.3 Å². The second kappa shape index (κ2) is 10.8. The number of aromatic nitrogens is 4. The predicted molar refractivity (Wildman–Crippen MR) is 123 cm³/mol. The second-order valence-corrected chi connectivity index (χ2v) is 7.77. The molecule has 2 aromatic heterocycles. The van der Waals surface area contributed by atoms with E-state index in [4.69, 9.17) is 4.74 Å². The number of aryl methyl sites for hydroxylation is 2. The van der Waals surface area contributed by atoms with Gasteiger partial charge < -0.3 is 14.6 Å². The van der Waals surface area contributed by atoms with Crippen molar-refractivity contribution in [3.8, 4) is 5.75 Å². The molecule has 0 unspecified atom stereocenters. The Bertz CT molecular complexity index is 1190. The number of unbranched alkanes of at least 4 members (excludes halogenated alkanes) is 2. The van der Waals surface area contributed by atoms with Gasteiger partial charge in [-0.2, -0.15) is 0 Å². The highest BCUT2D eigenvalue weighted by molar-refractivity contribution is 5.76. The van der Waals surface area contributed by atoms with Crippen molar-refractivity contribution in [3.63, 3.8) is 0 Å². The molecule has 0 aliphatic heterocycles. The average Bonchev–Trinajstić information content (AvgIpc) is 3.23. The number of nitrogens with one attached hydrogen (secondary N) is 1. The van der Waals surface area contributed by atoms with Crippen LogP contribution >= 0.6 is 0 Å². The van der Waals surface area contributed by atoms with E-state index in [2.05, 4.69) is 17.2 Å². The molecule has 3 rings (SSSR count). The summed E-state index contributed by atoms with van der Waals surface area (Å²) in [6, 6.07) is 7.34. The Balaban J connectivity index is 1.91. The number of rotatable bonds is 11. The molecule has 9 heteroatoms. The van der Waals surface area contributed by atoms with Crippen molar-refractivity contribution >= 4 is 17.1 Å². The molecule has 0 bridgehead atoms. The van der Waals surface area contributed by atoms with Gasteiger partial charge in [-0.05, 0) is 30.5 Å². The Kier molecular flexibility index (Phi) is 7.86. The average molecular weight is 442 g/mol. The molecular formula is C23H31N5O4. The van der Waals surface area contributed by atoms with E-state index in [1.165, 1.54) is 4.57 Å². The maximum atomic E-state index is 13.2. The molecular weight excluding hydrogens is 410 g/mol. The van der Waals surface area contributed by atoms with E-state index in [1.54, 1.807) is 18.0 Å². The Morgan fingerprint density at radius 3 is 2.56 bits per heavy atom. The van der Waals surface area contributed by atoms with Crippen LogP contribution in [0.2, 0.25) is 0 Å². The Labute approximate surface area is 186 Å². The molecule has 172 valence electrons. The van der Waals surface area contributed by atoms with Crippen molar-refractivity contribution in [2.75, 3.05) is 7.11 Å². The summed E-state index contributed by atoms with van der Waals surface area (Å²) in [6.07, 6.45) is 5.13. The van der Waals surface area contributed by atoms with Crippen LogP contribution in [0.3, 0.4) is 0 Å². The summed E-state index contributed by atoms with van der Waals surface area (Å²) >= 11 is 0. The summed E-state index contributed by atoms with van der Waals surface area (Å²) < 4.78 is 9.51. The third kappa shape index (κ3) is 5.09. The lowest BCUT2D eigenvalue weighted by molar-refractivity contribution is -0.121. The molecule has 0 aliphatic rings. The van der Waals surface area contributed by atoms with Crippen LogP contribution in [0.1, 0.15) is 45.1 Å². The Morgan fingerprint density at radius 1 is 1.09 bits per heavy atom. The number of amides is 1. The molecule has 3 aromatic rings. The SMILES string of the molecule is CCCCn1cnc2c1c(=O)n(CC(=O)NCc1cccc(OC)c1)c(=O)n2CCCC. The number of imidazole rings is 1. The summed E-state index contributed by atoms with van der Waals surface area (Å²) in [6.45, 7) is 5.11. The van der Waals surface area contributed by atoms with Gasteiger partial charge in [0.15, 0.2) is 11.2 Å². The summed E-state index contributed by atoms with van der Waals surface area (Å²) in [5.74, 6) is 0.283. The number of ether oxygens (including phenoxy) is 1. The molecule has 9 nitrogen and oxygen atoms in total. The number of hydrogen-bond donors (Lipinski definition) is 1. The van der Waals surface area contributed by atoms with Crippen LogP contribution in [0.5, 0.6) is 5.75 Å². The van der Waals surface area contributed by atoms with Crippen LogP contribution in [-0.4, -0.2) is 31.7 Å². The van der Waals surface area contributed by atoms with Gasteiger partial charge >= 0.3 is 5.69 Å². The van der Waals surface area contributed by atoms with E-state index in [9.17, 15) is 14.4 Å². The molecule has 0 aliphatic carbocycles. The summed E-state index contributed by atoms with van der Waals surface area (Å²) in [5, 5.41) is 2.78. The van der Waals surface area contributed by atoms with Crippen molar-refractivity contribution in [2.45, 2.75) is 65.7 Å². The third-order valence-electron chi connectivity index (χ3n) is 5.40. The molecule has 0 atom stereocenters. The van der Waals surface area contributed by atoms with Crippen LogP contribution in [0.25, 0.3) is 11.2 Å². The number of fused-ring (bicyclic) bond motifs is 1.